The largest absolute Gasteiger partial charge is 0.481 e. The number of carbonyl (C=O) groups is 1. The number of furan rings is 1. The standard InChI is InChI=1S/C20H28O5/c1-11(7-17(22)23)9-20(24)18-12(2)10-25-16(18)8-14-5-6-15(21)13(3)19(14,20)4/h5,10-11,13,15,21,24H,6-9H2,1-4H3,(H,22,23)/t11?,13-,15-,19-,20-/m0/s1. The zero-order valence-electron chi connectivity index (χ0n) is 15.4. The maximum Gasteiger partial charge on any atom is 0.303 e. The highest BCUT2D eigenvalue weighted by atomic mass is 16.4. The quantitative estimate of drug-likeness (QED) is 0.727. The first kappa shape index (κ1) is 18.2. The molecule has 0 saturated heterocycles. The fourth-order valence-electron chi connectivity index (χ4n) is 5.06. The molecule has 0 saturated carbocycles. The van der Waals surface area contributed by atoms with Gasteiger partial charge in [0.15, 0.2) is 0 Å². The van der Waals surface area contributed by atoms with Gasteiger partial charge >= 0.3 is 5.97 Å². The Morgan fingerprint density at radius 1 is 1.48 bits per heavy atom. The number of hydrogen-bond donors (Lipinski definition) is 3. The molecular formula is C20H28O5. The summed E-state index contributed by atoms with van der Waals surface area (Å²) < 4.78 is 5.72. The molecule has 2 aliphatic rings. The Balaban J connectivity index is 2.16. The topological polar surface area (TPSA) is 90.9 Å². The maximum absolute atomic E-state index is 12.0. The lowest BCUT2D eigenvalue weighted by Crippen LogP contribution is -2.57. The summed E-state index contributed by atoms with van der Waals surface area (Å²) in [6.07, 6.45) is 4.69. The van der Waals surface area contributed by atoms with E-state index in [1.807, 2.05) is 33.8 Å². The van der Waals surface area contributed by atoms with Crippen molar-refractivity contribution in [2.24, 2.45) is 17.3 Å². The lowest BCUT2D eigenvalue weighted by molar-refractivity contribution is -0.146. The van der Waals surface area contributed by atoms with Crippen LogP contribution in [0, 0.1) is 24.2 Å². The zero-order valence-corrected chi connectivity index (χ0v) is 15.4. The highest BCUT2D eigenvalue weighted by molar-refractivity contribution is 5.67. The number of hydrogen-bond acceptors (Lipinski definition) is 4. The monoisotopic (exact) mass is 348 g/mol. The Hall–Kier alpha value is -1.59. The number of fused-ring (bicyclic) bond motifs is 2. The minimum Gasteiger partial charge on any atom is -0.481 e. The number of carboxylic acid groups (broad SMARTS) is 1. The highest BCUT2D eigenvalue weighted by Crippen LogP contribution is 2.61. The number of aliphatic hydroxyl groups excluding tert-OH is 1. The molecule has 2 aliphatic carbocycles. The third kappa shape index (κ3) is 2.56. The molecule has 138 valence electrons. The second-order valence-corrected chi connectivity index (χ2v) is 8.18. The molecule has 5 atom stereocenters. The molecule has 5 nitrogen and oxygen atoms in total. The van der Waals surface area contributed by atoms with Gasteiger partial charge in [-0.1, -0.05) is 32.4 Å². The summed E-state index contributed by atoms with van der Waals surface area (Å²) in [5.41, 5.74) is 0.827. The van der Waals surface area contributed by atoms with Crippen molar-refractivity contribution in [1.29, 1.82) is 0 Å². The minimum atomic E-state index is -1.26. The highest BCUT2D eigenvalue weighted by Gasteiger charge is 2.60. The van der Waals surface area contributed by atoms with Crippen LogP contribution in [0.5, 0.6) is 0 Å². The van der Waals surface area contributed by atoms with Crippen molar-refractivity contribution in [3.63, 3.8) is 0 Å². The van der Waals surface area contributed by atoms with Crippen LogP contribution in [0.25, 0.3) is 0 Å². The van der Waals surface area contributed by atoms with Gasteiger partial charge in [0.2, 0.25) is 0 Å². The minimum absolute atomic E-state index is 0.000600. The van der Waals surface area contributed by atoms with E-state index in [-0.39, 0.29) is 18.3 Å². The van der Waals surface area contributed by atoms with E-state index in [9.17, 15) is 15.0 Å². The van der Waals surface area contributed by atoms with E-state index in [1.54, 1.807) is 6.26 Å². The molecule has 1 aromatic rings. The second kappa shape index (κ2) is 5.99. The van der Waals surface area contributed by atoms with E-state index >= 15 is 0 Å². The van der Waals surface area contributed by atoms with Gasteiger partial charge in [-0.05, 0) is 37.2 Å². The number of aliphatic carboxylic acids is 1. The maximum atomic E-state index is 12.0. The lowest BCUT2D eigenvalue weighted by atomic mass is 9.50. The first-order valence-electron chi connectivity index (χ1n) is 9.00. The van der Waals surface area contributed by atoms with Crippen LogP contribution in [0.2, 0.25) is 0 Å². The fourth-order valence-corrected chi connectivity index (χ4v) is 5.06. The summed E-state index contributed by atoms with van der Waals surface area (Å²) >= 11 is 0. The second-order valence-electron chi connectivity index (χ2n) is 8.18. The van der Waals surface area contributed by atoms with Crippen molar-refractivity contribution in [3.05, 3.63) is 34.8 Å². The van der Waals surface area contributed by atoms with Gasteiger partial charge in [0, 0.05) is 23.8 Å². The van der Waals surface area contributed by atoms with Gasteiger partial charge in [0.1, 0.15) is 11.4 Å². The molecule has 0 bridgehead atoms. The SMILES string of the molecule is Cc1coc2c1[C@@](O)(CC(C)CC(=O)O)[C@]1(C)C(=CC[C@H](O)[C@@H]1C)C2. The van der Waals surface area contributed by atoms with E-state index in [4.69, 9.17) is 9.52 Å². The molecule has 1 aromatic heterocycles. The predicted octanol–water partition coefficient (Wildman–Crippen LogP) is 3.17. The summed E-state index contributed by atoms with van der Waals surface area (Å²) in [7, 11) is 0. The van der Waals surface area contributed by atoms with Gasteiger partial charge in [-0.15, -0.1) is 0 Å². The molecule has 1 heterocycles. The molecule has 0 fully saturated rings. The summed E-state index contributed by atoms with van der Waals surface area (Å²) in [5.74, 6) is -0.451. The Kier molecular flexibility index (Phi) is 4.36. The van der Waals surface area contributed by atoms with Crippen LogP contribution < -0.4 is 0 Å². The van der Waals surface area contributed by atoms with Crippen molar-refractivity contribution in [2.75, 3.05) is 0 Å². The van der Waals surface area contributed by atoms with E-state index < -0.39 is 23.1 Å². The summed E-state index contributed by atoms with van der Waals surface area (Å²) in [6, 6.07) is 0. The third-order valence-corrected chi connectivity index (χ3v) is 6.60. The van der Waals surface area contributed by atoms with Crippen LogP contribution in [-0.2, 0) is 16.8 Å². The van der Waals surface area contributed by atoms with Gasteiger partial charge in [-0.25, -0.2) is 0 Å². The van der Waals surface area contributed by atoms with Crippen LogP contribution in [0.3, 0.4) is 0 Å². The lowest BCUT2D eigenvalue weighted by Gasteiger charge is -2.56. The summed E-state index contributed by atoms with van der Waals surface area (Å²) in [4.78, 5) is 11.1. The fraction of sp³-hybridized carbons (Fsp3) is 0.650. The van der Waals surface area contributed by atoms with E-state index in [0.29, 0.717) is 19.3 Å². The van der Waals surface area contributed by atoms with Gasteiger partial charge in [-0.2, -0.15) is 0 Å². The van der Waals surface area contributed by atoms with Crippen LogP contribution in [-0.4, -0.2) is 27.4 Å². The van der Waals surface area contributed by atoms with Gasteiger partial charge < -0.3 is 19.7 Å². The molecule has 3 N–H and O–H groups in total. The zero-order chi connectivity index (χ0) is 18.6. The third-order valence-electron chi connectivity index (χ3n) is 6.60. The first-order chi connectivity index (χ1) is 11.6. The molecule has 0 radical (unpaired) electrons. The normalized spacial score (nSPS) is 35.5. The Bertz CT molecular complexity index is 718. The van der Waals surface area contributed by atoms with E-state index in [2.05, 4.69) is 0 Å². The van der Waals surface area contributed by atoms with Gasteiger partial charge in [-0.3, -0.25) is 4.79 Å². The first-order valence-corrected chi connectivity index (χ1v) is 9.00. The molecule has 25 heavy (non-hydrogen) atoms. The van der Waals surface area contributed by atoms with Crippen molar-refractivity contribution in [1.82, 2.24) is 0 Å². The Morgan fingerprint density at radius 3 is 2.80 bits per heavy atom. The summed E-state index contributed by atoms with van der Waals surface area (Å²) in [6.45, 7) is 7.75. The van der Waals surface area contributed by atoms with E-state index in [1.165, 1.54) is 0 Å². The smallest absolute Gasteiger partial charge is 0.303 e. The summed E-state index contributed by atoms with van der Waals surface area (Å²) in [5, 5.41) is 31.6. The van der Waals surface area contributed by atoms with Crippen LogP contribution >= 0.6 is 0 Å². The molecule has 3 rings (SSSR count). The van der Waals surface area contributed by atoms with Crippen LogP contribution in [0.4, 0.5) is 0 Å². The number of rotatable bonds is 4. The van der Waals surface area contributed by atoms with Crippen molar-refractivity contribution in [2.45, 2.75) is 65.1 Å². The number of carboxylic acids is 1. The average molecular weight is 348 g/mol. The van der Waals surface area contributed by atoms with Gasteiger partial charge in [0.05, 0.1) is 12.4 Å². The number of aryl methyl sites for hydroxylation is 1. The molecule has 1 unspecified atom stereocenters. The Labute approximate surface area is 148 Å². The van der Waals surface area contributed by atoms with Crippen LogP contribution in [0.1, 0.15) is 56.9 Å². The van der Waals surface area contributed by atoms with E-state index in [0.717, 1.165) is 22.5 Å². The predicted molar refractivity (Wildman–Crippen MR) is 93.1 cm³/mol. The van der Waals surface area contributed by atoms with Crippen molar-refractivity contribution < 1.29 is 24.5 Å². The van der Waals surface area contributed by atoms with Gasteiger partial charge in [0.25, 0.3) is 0 Å². The molecule has 0 aliphatic heterocycles. The molecule has 0 spiro atoms. The number of aliphatic hydroxyl groups is 2. The van der Waals surface area contributed by atoms with Crippen molar-refractivity contribution in [3.8, 4) is 0 Å². The molecule has 0 amide bonds. The van der Waals surface area contributed by atoms with Crippen molar-refractivity contribution >= 4 is 5.97 Å². The molecular weight excluding hydrogens is 320 g/mol. The molecule has 0 aromatic carbocycles. The average Bonchev–Trinajstić information content (AvgIpc) is 2.87. The molecule has 5 heteroatoms. The Morgan fingerprint density at radius 2 is 2.16 bits per heavy atom. The van der Waals surface area contributed by atoms with Crippen LogP contribution in [0.15, 0.2) is 22.3 Å².